The van der Waals surface area contributed by atoms with Crippen molar-refractivity contribution in [3.05, 3.63) is 89.5 Å². The summed E-state index contributed by atoms with van der Waals surface area (Å²) in [4.78, 5) is 17.6. The van der Waals surface area contributed by atoms with Crippen LogP contribution in [0.4, 0.5) is 11.4 Å². The molecule has 1 saturated heterocycles. The standard InChI is InChI=1S/C27H29N3O3S/c1-21-12-13-26-22(19-21)8-6-14-30(26)27(31)23-7-5-11-25(20-23)34(32,33)29-17-15-28(16-18-29)24-9-3-2-4-10-24/h2-5,7,9-13,19-20H,6,8,14-18H2,1H3. The van der Waals surface area contributed by atoms with Gasteiger partial charge in [0.1, 0.15) is 0 Å². The average molecular weight is 476 g/mol. The molecule has 1 fully saturated rings. The second kappa shape index (κ2) is 9.24. The van der Waals surface area contributed by atoms with E-state index in [1.807, 2.05) is 42.5 Å². The molecule has 0 saturated carbocycles. The molecule has 3 aromatic carbocycles. The maximum atomic E-state index is 13.4. The minimum absolute atomic E-state index is 0.157. The summed E-state index contributed by atoms with van der Waals surface area (Å²) in [5, 5.41) is 0. The zero-order valence-corrected chi connectivity index (χ0v) is 20.2. The Morgan fingerprint density at radius 2 is 1.59 bits per heavy atom. The Morgan fingerprint density at radius 1 is 0.824 bits per heavy atom. The molecule has 0 bridgehead atoms. The summed E-state index contributed by atoms with van der Waals surface area (Å²) in [5.41, 5.74) is 4.77. The zero-order chi connectivity index (χ0) is 23.7. The van der Waals surface area contributed by atoms with Crippen LogP contribution < -0.4 is 9.80 Å². The average Bonchev–Trinajstić information content (AvgIpc) is 2.88. The van der Waals surface area contributed by atoms with Crippen LogP contribution >= 0.6 is 0 Å². The normalized spacial score (nSPS) is 16.9. The number of carbonyl (C=O) groups is 1. The maximum Gasteiger partial charge on any atom is 0.258 e. The third-order valence-electron chi connectivity index (χ3n) is 6.68. The summed E-state index contributed by atoms with van der Waals surface area (Å²) in [6, 6.07) is 22.7. The molecule has 2 heterocycles. The number of fused-ring (bicyclic) bond motifs is 1. The molecular formula is C27H29N3O3S. The van der Waals surface area contributed by atoms with E-state index in [1.54, 1.807) is 23.1 Å². The number of amides is 1. The lowest BCUT2D eigenvalue weighted by atomic mass is 9.99. The van der Waals surface area contributed by atoms with E-state index in [-0.39, 0.29) is 10.8 Å². The fourth-order valence-corrected chi connectivity index (χ4v) is 6.33. The monoisotopic (exact) mass is 475 g/mol. The Bertz CT molecular complexity index is 1300. The number of aryl methyl sites for hydroxylation is 2. The fraction of sp³-hybridized carbons (Fsp3) is 0.296. The lowest BCUT2D eigenvalue weighted by molar-refractivity contribution is 0.0985. The number of rotatable bonds is 4. The largest absolute Gasteiger partial charge is 0.369 e. The Hall–Kier alpha value is -3.16. The van der Waals surface area contributed by atoms with Crippen LogP contribution in [0.5, 0.6) is 0 Å². The van der Waals surface area contributed by atoms with Gasteiger partial charge in [-0.1, -0.05) is 42.0 Å². The van der Waals surface area contributed by atoms with E-state index in [0.717, 1.165) is 24.2 Å². The van der Waals surface area contributed by atoms with Crippen molar-refractivity contribution in [2.24, 2.45) is 0 Å². The van der Waals surface area contributed by atoms with E-state index in [1.165, 1.54) is 21.5 Å². The Labute approximate surface area is 201 Å². The van der Waals surface area contributed by atoms with Gasteiger partial charge in [0.25, 0.3) is 5.91 Å². The summed E-state index contributed by atoms with van der Waals surface area (Å²) < 4.78 is 28.3. The molecular weight excluding hydrogens is 446 g/mol. The quantitative estimate of drug-likeness (QED) is 0.570. The molecule has 5 rings (SSSR count). The van der Waals surface area contributed by atoms with Gasteiger partial charge in [0.05, 0.1) is 4.90 Å². The van der Waals surface area contributed by atoms with E-state index in [2.05, 4.69) is 17.9 Å². The molecule has 0 spiro atoms. The summed E-state index contributed by atoms with van der Waals surface area (Å²) in [7, 11) is -3.68. The van der Waals surface area contributed by atoms with Crippen molar-refractivity contribution in [3.63, 3.8) is 0 Å². The van der Waals surface area contributed by atoms with Crippen LogP contribution in [0.1, 0.15) is 27.9 Å². The van der Waals surface area contributed by atoms with Gasteiger partial charge < -0.3 is 9.80 Å². The lowest BCUT2D eigenvalue weighted by Crippen LogP contribution is -2.48. The first kappa shape index (κ1) is 22.6. The number of carbonyl (C=O) groups excluding carboxylic acids is 1. The van der Waals surface area contributed by atoms with Crippen molar-refractivity contribution in [1.82, 2.24) is 4.31 Å². The van der Waals surface area contributed by atoms with Crippen molar-refractivity contribution in [1.29, 1.82) is 0 Å². The topological polar surface area (TPSA) is 60.9 Å². The Balaban J connectivity index is 1.35. The second-order valence-corrected chi connectivity index (χ2v) is 10.9. The highest BCUT2D eigenvalue weighted by Crippen LogP contribution is 2.30. The van der Waals surface area contributed by atoms with Gasteiger partial charge in [-0.15, -0.1) is 0 Å². The van der Waals surface area contributed by atoms with E-state index in [0.29, 0.717) is 38.3 Å². The van der Waals surface area contributed by atoms with Crippen molar-refractivity contribution < 1.29 is 13.2 Å². The van der Waals surface area contributed by atoms with Crippen molar-refractivity contribution in [2.75, 3.05) is 42.5 Å². The molecule has 7 heteroatoms. The first-order valence-electron chi connectivity index (χ1n) is 11.7. The number of para-hydroxylation sites is 1. The third-order valence-corrected chi connectivity index (χ3v) is 8.57. The van der Waals surface area contributed by atoms with E-state index in [9.17, 15) is 13.2 Å². The summed E-state index contributed by atoms with van der Waals surface area (Å²) >= 11 is 0. The highest BCUT2D eigenvalue weighted by Gasteiger charge is 2.30. The van der Waals surface area contributed by atoms with Crippen molar-refractivity contribution in [2.45, 2.75) is 24.7 Å². The summed E-state index contributed by atoms with van der Waals surface area (Å²) in [5.74, 6) is -0.157. The minimum atomic E-state index is -3.68. The van der Waals surface area contributed by atoms with Crippen LogP contribution in [0.2, 0.25) is 0 Å². The van der Waals surface area contributed by atoms with Gasteiger partial charge in [0.2, 0.25) is 10.0 Å². The second-order valence-electron chi connectivity index (χ2n) is 8.95. The number of sulfonamides is 1. The molecule has 0 aliphatic carbocycles. The minimum Gasteiger partial charge on any atom is -0.369 e. The molecule has 0 unspecified atom stereocenters. The van der Waals surface area contributed by atoms with Crippen LogP contribution in [-0.4, -0.2) is 51.4 Å². The molecule has 2 aliphatic heterocycles. The fourth-order valence-electron chi connectivity index (χ4n) is 4.86. The number of hydrogen-bond donors (Lipinski definition) is 0. The first-order valence-corrected chi connectivity index (χ1v) is 13.2. The first-order chi connectivity index (χ1) is 16.4. The van der Waals surface area contributed by atoms with Gasteiger partial charge in [-0.2, -0.15) is 4.31 Å². The van der Waals surface area contributed by atoms with Crippen LogP contribution in [-0.2, 0) is 16.4 Å². The number of piperazine rings is 1. The Kier molecular flexibility index (Phi) is 6.15. The van der Waals surface area contributed by atoms with E-state index < -0.39 is 10.0 Å². The molecule has 0 atom stereocenters. The predicted molar refractivity (Wildman–Crippen MR) is 135 cm³/mol. The van der Waals surface area contributed by atoms with Gasteiger partial charge in [0, 0.05) is 49.7 Å². The SMILES string of the molecule is Cc1ccc2c(c1)CCCN2C(=O)c1cccc(S(=O)(=O)N2CCN(c3ccccc3)CC2)c1. The van der Waals surface area contributed by atoms with Crippen LogP contribution in [0.25, 0.3) is 0 Å². The Morgan fingerprint density at radius 3 is 2.35 bits per heavy atom. The molecule has 176 valence electrons. The van der Waals surface area contributed by atoms with Crippen LogP contribution in [0, 0.1) is 6.92 Å². The smallest absolute Gasteiger partial charge is 0.258 e. The van der Waals surface area contributed by atoms with Crippen LogP contribution in [0.15, 0.2) is 77.7 Å². The van der Waals surface area contributed by atoms with Gasteiger partial charge in [-0.25, -0.2) is 8.42 Å². The summed E-state index contributed by atoms with van der Waals surface area (Å²) in [6.07, 6.45) is 1.84. The highest BCUT2D eigenvalue weighted by molar-refractivity contribution is 7.89. The lowest BCUT2D eigenvalue weighted by Gasteiger charge is -2.35. The van der Waals surface area contributed by atoms with Gasteiger partial charge in [-0.05, 0) is 61.7 Å². The van der Waals surface area contributed by atoms with E-state index in [4.69, 9.17) is 0 Å². The predicted octanol–water partition coefficient (Wildman–Crippen LogP) is 4.10. The molecule has 34 heavy (non-hydrogen) atoms. The van der Waals surface area contributed by atoms with E-state index >= 15 is 0 Å². The number of hydrogen-bond acceptors (Lipinski definition) is 4. The molecule has 6 nitrogen and oxygen atoms in total. The number of nitrogens with zero attached hydrogens (tertiary/aromatic N) is 3. The molecule has 0 N–H and O–H groups in total. The summed E-state index contributed by atoms with van der Waals surface area (Å²) in [6.45, 7) is 4.77. The maximum absolute atomic E-state index is 13.4. The number of benzene rings is 3. The van der Waals surface area contributed by atoms with Gasteiger partial charge in [0.15, 0.2) is 0 Å². The number of anilines is 2. The van der Waals surface area contributed by atoms with Gasteiger partial charge >= 0.3 is 0 Å². The van der Waals surface area contributed by atoms with Crippen molar-refractivity contribution >= 4 is 27.3 Å². The molecule has 0 aromatic heterocycles. The molecule has 0 radical (unpaired) electrons. The van der Waals surface area contributed by atoms with Gasteiger partial charge in [-0.3, -0.25) is 4.79 Å². The highest BCUT2D eigenvalue weighted by atomic mass is 32.2. The van der Waals surface area contributed by atoms with Crippen LogP contribution in [0.3, 0.4) is 0 Å². The molecule has 1 amide bonds. The molecule has 3 aromatic rings. The van der Waals surface area contributed by atoms with Crippen molar-refractivity contribution in [3.8, 4) is 0 Å². The molecule has 2 aliphatic rings. The third kappa shape index (κ3) is 4.33. The zero-order valence-electron chi connectivity index (χ0n) is 19.4.